The van der Waals surface area contributed by atoms with E-state index in [0.29, 0.717) is 12.0 Å². The quantitative estimate of drug-likeness (QED) is 0.785. The van der Waals surface area contributed by atoms with E-state index in [0.717, 1.165) is 29.4 Å². The molecule has 6 heteroatoms. The van der Waals surface area contributed by atoms with Gasteiger partial charge in [0.2, 0.25) is 5.91 Å². The van der Waals surface area contributed by atoms with Crippen LogP contribution in [-0.4, -0.2) is 23.0 Å². The van der Waals surface area contributed by atoms with Gasteiger partial charge in [0.15, 0.2) is 0 Å². The Morgan fingerprint density at radius 2 is 2.10 bits per heavy atom. The maximum absolute atomic E-state index is 11.1. The van der Waals surface area contributed by atoms with Crippen LogP contribution in [0.1, 0.15) is 36.0 Å². The van der Waals surface area contributed by atoms with E-state index in [1.54, 1.807) is 18.2 Å². The van der Waals surface area contributed by atoms with Crippen LogP contribution in [0.25, 0.3) is 0 Å². The third-order valence-electron chi connectivity index (χ3n) is 3.64. The molecule has 2 unspecified atom stereocenters. The summed E-state index contributed by atoms with van der Waals surface area (Å²) in [5.74, 6) is -1.47. The molecule has 1 amide bonds. The van der Waals surface area contributed by atoms with Gasteiger partial charge in [0, 0.05) is 21.8 Å². The highest BCUT2D eigenvalue weighted by Gasteiger charge is 2.27. The van der Waals surface area contributed by atoms with E-state index in [4.69, 9.17) is 10.8 Å². The van der Waals surface area contributed by atoms with Crippen LogP contribution < -0.4 is 11.1 Å². The molecule has 0 aliphatic heterocycles. The highest BCUT2D eigenvalue weighted by molar-refractivity contribution is 9.10. The summed E-state index contributed by atoms with van der Waals surface area (Å²) in [7, 11) is 0. The molecule has 1 aliphatic rings. The SMILES string of the molecule is NC(=O)c1ccc(NC2CCCC(C(=O)O)C2)c(Br)c1. The first-order valence-electron chi connectivity index (χ1n) is 6.56. The van der Waals surface area contributed by atoms with E-state index in [9.17, 15) is 9.59 Å². The van der Waals surface area contributed by atoms with Crippen LogP contribution in [0.4, 0.5) is 5.69 Å². The predicted octanol–water partition coefficient (Wildman–Crippen LogP) is 2.60. The van der Waals surface area contributed by atoms with Crippen LogP contribution in [0.15, 0.2) is 22.7 Å². The molecular formula is C14H17BrN2O3. The average molecular weight is 341 g/mol. The first kappa shape index (κ1) is 14.8. The minimum Gasteiger partial charge on any atom is -0.481 e. The number of nitrogens with two attached hydrogens (primary N) is 1. The van der Waals surface area contributed by atoms with E-state index in [1.165, 1.54) is 0 Å². The number of hydrogen-bond donors (Lipinski definition) is 3. The van der Waals surface area contributed by atoms with E-state index < -0.39 is 11.9 Å². The second-order valence-electron chi connectivity index (χ2n) is 5.10. The lowest BCUT2D eigenvalue weighted by Crippen LogP contribution is -2.31. The number of carboxylic acids is 1. The van der Waals surface area contributed by atoms with Crippen LogP contribution >= 0.6 is 15.9 Å². The van der Waals surface area contributed by atoms with Crippen molar-refractivity contribution >= 4 is 33.5 Å². The topological polar surface area (TPSA) is 92.4 Å². The second kappa shape index (κ2) is 6.26. The number of halogens is 1. The predicted molar refractivity (Wildman–Crippen MR) is 79.7 cm³/mol. The molecule has 1 aromatic carbocycles. The molecule has 2 atom stereocenters. The summed E-state index contributed by atoms with van der Waals surface area (Å²) in [4.78, 5) is 22.1. The fourth-order valence-corrected chi connectivity index (χ4v) is 3.04. The summed E-state index contributed by atoms with van der Waals surface area (Å²) in [5.41, 5.74) is 6.52. The van der Waals surface area contributed by atoms with Crippen molar-refractivity contribution in [2.45, 2.75) is 31.7 Å². The summed E-state index contributed by atoms with van der Waals surface area (Å²) >= 11 is 3.40. The third kappa shape index (κ3) is 3.50. The van der Waals surface area contributed by atoms with Gasteiger partial charge in [-0.15, -0.1) is 0 Å². The molecule has 1 aliphatic carbocycles. The molecule has 5 nitrogen and oxygen atoms in total. The summed E-state index contributed by atoms with van der Waals surface area (Å²) in [6, 6.07) is 5.25. The third-order valence-corrected chi connectivity index (χ3v) is 4.29. The molecular weight excluding hydrogens is 324 g/mol. The van der Waals surface area contributed by atoms with Gasteiger partial charge < -0.3 is 16.2 Å². The van der Waals surface area contributed by atoms with Crippen molar-refractivity contribution in [2.24, 2.45) is 11.7 Å². The van der Waals surface area contributed by atoms with E-state index in [-0.39, 0.29) is 12.0 Å². The smallest absolute Gasteiger partial charge is 0.306 e. The van der Waals surface area contributed by atoms with Gasteiger partial charge in [-0.3, -0.25) is 9.59 Å². The van der Waals surface area contributed by atoms with Crippen molar-refractivity contribution in [1.29, 1.82) is 0 Å². The largest absolute Gasteiger partial charge is 0.481 e. The molecule has 4 N–H and O–H groups in total. The molecule has 1 fully saturated rings. The number of nitrogens with one attached hydrogen (secondary N) is 1. The van der Waals surface area contributed by atoms with Gasteiger partial charge in [-0.05, 0) is 53.4 Å². The Morgan fingerprint density at radius 3 is 2.70 bits per heavy atom. The zero-order chi connectivity index (χ0) is 14.7. The molecule has 1 aromatic rings. The van der Waals surface area contributed by atoms with E-state index in [2.05, 4.69) is 21.2 Å². The minimum atomic E-state index is -0.723. The lowest BCUT2D eigenvalue weighted by Gasteiger charge is -2.28. The monoisotopic (exact) mass is 340 g/mol. The van der Waals surface area contributed by atoms with E-state index in [1.807, 2.05) is 0 Å². The lowest BCUT2D eigenvalue weighted by molar-refractivity contribution is -0.142. The number of aliphatic carboxylic acids is 1. The number of carboxylic acid groups (broad SMARTS) is 1. The van der Waals surface area contributed by atoms with E-state index >= 15 is 0 Å². The Bertz CT molecular complexity index is 533. The van der Waals surface area contributed by atoms with Crippen LogP contribution in [-0.2, 0) is 4.79 Å². The average Bonchev–Trinajstić information content (AvgIpc) is 2.41. The first-order valence-corrected chi connectivity index (χ1v) is 7.35. The van der Waals surface area contributed by atoms with Gasteiger partial charge >= 0.3 is 5.97 Å². The zero-order valence-electron chi connectivity index (χ0n) is 10.9. The molecule has 1 saturated carbocycles. The Kier molecular flexibility index (Phi) is 4.65. The number of primary amides is 1. The Morgan fingerprint density at radius 1 is 1.35 bits per heavy atom. The minimum absolute atomic E-state index is 0.139. The molecule has 2 rings (SSSR count). The van der Waals surface area contributed by atoms with Gasteiger partial charge in [0.1, 0.15) is 0 Å². The van der Waals surface area contributed by atoms with Crippen molar-refractivity contribution in [3.05, 3.63) is 28.2 Å². The van der Waals surface area contributed by atoms with Crippen molar-refractivity contribution in [3.63, 3.8) is 0 Å². The maximum atomic E-state index is 11.1. The molecule has 0 spiro atoms. The van der Waals surface area contributed by atoms with Crippen LogP contribution in [0, 0.1) is 5.92 Å². The fourth-order valence-electron chi connectivity index (χ4n) is 2.55. The van der Waals surface area contributed by atoms with Crippen molar-refractivity contribution in [1.82, 2.24) is 0 Å². The molecule has 0 heterocycles. The van der Waals surface area contributed by atoms with Gasteiger partial charge in [-0.25, -0.2) is 0 Å². The number of anilines is 1. The lowest BCUT2D eigenvalue weighted by atomic mass is 9.85. The number of carbonyl (C=O) groups excluding carboxylic acids is 1. The number of rotatable bonds is 4. The van der Waals surface area contributed by atoms with Crippen molar-refractivity contribution < 1.29 is 14.7 Å². The summed E-state index contributed by atoms with van der Waals surface area (Å²) in [6.45, 7) is 0. The highest BCUT2D eigenvalue weighted by Crippen LogP contribution is 2.30. The standard InChI is InChI=1S/C14H17BrN2O3/c15-11-7-8(13(16)18)4-5-12(11)17-10-3-1-2-9(6-10)14(19)20/h4-5,7,9-10,17H,1-3,6H2,(H2,16,18)(H,19,20). The number of amides is 1. The van der Waals surface area contributed by atoms with Gasteiger partial charge in [-0.1, -0.05) is 6.42 Å². The van der Waals surface area contributed by atoms with Crippen LogP contribution in [0.3, 0.4) is 0 Å². The van der Waals surface area contributed by atoms with Crippen LogP contribution in [0.5, 0.6) is 0 Å². The second-order valence-corrected chi connectivity index (χ2v) is 5.96. The Labute approximate surface area is 125 Å². The number of carbonyl (C=O) groups is 2. The molecule has 0 bridgehead atoms. The van der Waals surface area contributed by atoms with Gasteiger partial charge in [0.25, 0.3) is 0 Å². The summed E-state index contributed by atoms with van der Waals surface area (Å²) < 4.78 is 0.756. The van der Waals surface area contributed by atoms with Crippen molar-refractivity contribution in [2.75, 3.05) is 5.32 Å². The first-order chi connectivity index (χ1) is 9.47. The highest BCUT2D eigenvalue weighted by atomic mass is 79.9. The number of hydrogen-bond acceptors (Lipinski definition) is 3. The summed E-state index contributed by atoms with van der Waals surface area (Å²) in [6.07, 6.45) is 3.23. The zero-order valence-corrected chi connectivity index (χ0v) is 12.5. The fraction of sp³-hybridized carbons (Fsp3) is 0.429. The summed E-state index contributed by atoms with van der Waals surface area (Å²) in [5, 5.41) is 12.4. The molecule has 0 radical (unpaired) electrons. The molecule has 0 saturated heterocycles. The normalized spacial score (nSPS) is 22.2. The molecule has 0 aromatic heterocycles. The Balaban J connectivity index is 2.06. The molecule has 20 heavy (non-hydrogen) atoms. The Hall–Kier alpha value is -1.56. The number of benzene rings is 1. The van der Waals surface area contributed by atoms with Crippen molar-refractivity contribution in [3.8, 4) is 0 Å². The van der Waals surface area contributed by atoms with Gasteiger partial charge in [0.05, 0.1) is 5.92 Å². The van der Waals surface area contributed by atoms with Gasteiger partial charge in [-0.2, -0.15) is 0 Å². The van der Waals surface area contributed by atoms with Crippen LogP contribution in [0.2, 0.25) is 0 Å². The molecule has 108 valence electrons. The maximum Gasteiger partial charge on any atom is 0.306 e.